The van der Waals surface area contributed by atoms with Gasteiger partial charge in [0.1, 0.15) is 0 Å². The Hall–Kier alpha value is -0.340. The van der Waals surface area contributed by atoms with Crippen molar-refractivity contribution in [3.8, 4) is 0 Å². The van der Waals surface area contributed by atoms with Crippen LogP contribution in [0.2, 0.25) is 0 Å². The third kappa shape index (κ3) is 2.82. The molecule has 0 unspecified atom stereocenters. The van der Waals surface area contributed by atoms with Gasteiger partial charge >= 0.3 is 0 Å². The van der Waals surface area contributed by atoms with E-state index in [2.05, 4.69) is 13.0 Å². The van der Waals surface area contributed by atoms with Crippen LogP contribution in [-0.2, 0) is 9.47 Å². The molecule has 0 atom stereocenters. The Morgan fingerprint density at radius 3 is 2.47 bits per heavy atom. The van der Waals surface area contributed by atoms with E-state index in [0.29, 0.717) is 0 Å². The van der Waals surface area contributed by atoms with Crippen molar-refractivity contribution in [2.45, 2.75) is 57.7 Å². The van der Waals surface area contributed by atoms with Gasteiger partial charge in [0.25, 0.3) is 0 Å². The summed E-state index contributed by atoms with van der Waals surface area (Å²) in [5, 5.41) is 0. The molecule has 0 amide bonds. The van der Waals surface area contributed by atoms with Gasteiger partial charge in [0, 0.05) is 12.8 Å². The summed E-state index contributed by atoms with van der Waals surface area (Å²) in [6.07, 6.45) is 10.8. The number of ether oxygens (including phenoxy) is 2. The summed E-state index contributed by atoms with van der Waals surface area (Å²) in [7, 11) is 0. The van der Waals surface area contributed by atoms with Gasteiger partial charge in [0.15, 0.2) is 5.79 Å². The van der Waals surface area contributed by atoms with Crippen LogP contribution >= 0.6 is 0 Å². The minimum atomic E-state index is -0.192. The van der Waals surface area contributed by atoms with Crippen molar-refractivity contribution in [1.29, 1.82) is 0 Å². The van der Waals surface area contributed by atoms with Crippen LogP contribution in [0.3, 0.4) is 0 Å². The van der Waals surface area contributed by atoms with Crippen LogP contribution in [0.25, 0.3) is 0 Å². The van der Waals surface area contributed by atoms with E-state index in [1.807, 2.05) is 0 Å². The van der Waals surface area contributed by atoms with Crippen LogP contribution in [0.1, 0.15) is 51.9 Å². The molecular weight excluding hydrogens is 188 g/mol. The third-order valence-electron chi connectivity index (χ3n) is 3.46. The lowest BCUT2D eigenvalue weighted by molar-refractivity contribution is -0.171. The third-order valence-corrected chi connectivity index (χ3v) is 3.46. The van der Waals surface area contributed by atoms with Crippen LogP contribution in [0.15, 0.2) is 11.6 Å². The predicted octanol–water partition coefficient (Wildman–Crippen LogP) is 3.42. The molecule has 0 bridgehead atoms. The number of hydrogen-bond donors (Lipinski definition) is 0. The average Bonchev–Trinajstić information content (AvgIpc) is 2.71. The van der Waals surface area contributed by atoms with Crippen LogP contribution in [0, 0.1) is 0 Å². The maximum atomic E-state index is 5.71. The molecule has 0 aromatic heterocycles. The second-order valence-electron chi connectivity index (χ2n) is 4.61. The van der Waals surface area contributed by atoms with Gasteiger partial charge in [0.2, 0.25) is 0 Å². The number of hydrogen-bond acceptors (Lipinski definition) is 2. The van der Waals surface area contributed by atoms with Crippen LogP contribution in [0.5, 0.6) is 0 Å². The second kappa shape index (κ2) is 5.13. The van der Waals surface area contributed by atoms with Gasteiger partial charge in [-0.1, -0.05) is 31.4 Å². The number of unbranched alkanes of at least 4 members (excludes halogenated alkanes) is 2. The summed E-state index contributed by atoms with van der Waals surface area (Å²) in [4.78, 5) is 0. The first-order valence-corrected chi connectivity index (χ1v) is 6.30. The summed E-state index contributed by atoms with van der Waals surface area (Å²) in [6.45, 7) is 3.82. The van der Waals surface area contributed by atoms with E-state index in [1.165, 1.54) is 32.1 Å². The zero-order valence-electron chi connectivity index (χ0n) is 9.76. The molecule has 86 valence electrons. The molecule has 2 aliphatic rings. The van der Waals surface area contributed by atoms with E-state index in [4.69, 9.17) is 9.47 Å². The fourth-order valence-electron chi connectivity index (χ4n) is 2.45. The quantitative estimate of drug-likeness (QED) is 0.525. The number of allylic oxidation sites excluding steroid dienone is 2. The number of rotatable bonds is 3. The summed E-state index contributed by atoms with van der Waals surface area (Å²) in [5.74, 6) is -0.192. The van der Waals surface area contributed by atoms with Crippen molar-refractivity contribution >= 4 is 0 Å². The lowest BCUT2D eigenvalue weighted by Gasteiger charge is -2.32. The van der Waals surface area contributed by atoms with Gasteiger partial charge in [-0.2, -0.15) is 0 Å². The van der Waals surface area contributed by atoms with Gasteiger partial charge in [-0.3, -0.25) is 0 Å². The van der Waals surface area contributed by atoms with Crippen molar-refractivity contribution in [3.05, 3.63) is 11.6 Å². The van der Waals surface area contributed by atoms with Crippen molar-refractivity contribution in [1.82, 2.24) is 0 Å². The zero-order valence-corrected chi connectivity index (χ0v) is 9.76. The molecule has 1 saturated carbocycles. The van der Waals surface area contributed by atoms with Gasteiger partial charge in [-0.25, -0.2) is 0 Å². The fraction of sp³-hybridized carbons (Fsp3) is 0.846. The maximum absolute atomic E-state index is 5.71. The van der Waals surface area contributed by atoms with Gasteiger partial charge < -0.3 is 9.47 Å². The Morgan fingerprint density at radius 1 is 1.20 bits per heavy atom. The highest BCUT2D eigenvalue weighted by atomic mass is 16.7. The topological polar surface area (TPSA) is 18.5 Å². The molecule has 15 heavy (non-hydrogen) atoms. The van der Waals surface area contributed by atoms with Crippen LogP contribution in [-0.4, -0.2) is 19.0 Å². The van der Waals surface area contributed by atoms with E-state index in [0.717, 1.165) is 26.1 Å². The zero-order chi connectivity index (χ0) is 10.6. The minimum absolute atomic E-state index is 0.192. The Morgan fingerprint density at radius 2 is 1.87 bits per heavy atom. The minimum Gasteiger partial charge on any atom is -0.348 e. The molecule has 2 nitrogen and oxygen atoms in total. The van der Waals surface area contributed by atoms with Crippen molar-refractivity contribution in [2.75, 3.05) is 13.2 Å². The van der Waals surface area contributed by atoms with Gasteiger partial charge in [0.05, 0.1) is 13.2 Å². The molecule has 0 aromatic rings. The molecule has 2 heteroatoms. The SMILES string of the molecule is CCCCC=C1CCC2(CC1)OCCO2. The summed E-state index contributed by atoms with van der Waals surface area (Å²) >= 11 is 0. The highest BCUT2D eigenvalue weighted by Crippen LogP contribution is 2.38. The maximum Gasteiger partial charge on any atom is 0.169 e. The largest absolute Gasteiger partial charge is 0.348 e. The first-order chi connectivity index (χ1) is 7.35. The van der Waals surface area contributed by atoms with E-state index in [-0.39, 0.29) is 5.79 Å². The smallest absolute Gasteiger partial charge is 0.169 e. The molecule has 1 aliphatic heterocycles. The molecule has 1 heterocycles. The molecule has 0 radical (unpaired) electrons. The molecular formula is C13H22O2. The van der Waals surface area contributed by atoms with Crippen LogP contribution in [0.4, 0.5) is 0 Å². The lowest BCUT2D eigenvalue weighted by atomic mass is 9.89. The Labute approximate surface area is 92.6 Å². The molecule has 1 spiro atoms. The fourth-order valence-corrected chi connectivity index (χ4v) is 2.45. The lowest BCUT2D eigenvalue weighted by Crippen LogP contribution is -2.33. The molecule has 2 rings (SSSR count). The second-order valence-corrected chi connectivity index (χ2v) is 4.61. The highest BCUT2D eigenvalue weighted by Gasteiger charge is 2.38. The molecule has 0 aromatic carbocycles. The van der Waals surface area contributed by atoms with E-state index >= 15 is 0 Å². The Kier molecular flexibility index (Phi) is 3.81. The Bertz CT molecular complexity index is 215. The van der Waals surface area contributed by atoms with E-state index in [1.54, 1.807) is 5.57 Å². The van der Waals surface area contributed by atoms with Crippen molar-refractivity contribution in [3.63, 3.8) is 0 Å². The van der Waals surface area contributed by atoms with E-state index < -0.39 is 0 Å². The monoisotopic (exact) mass is 210 g/mol. The first kappa shape index (κ1) is 11.2. The molecule has 1 saturated heterocycles. The van der Waals surface area contributed by atoms with Crippen molar-refractivity contribution < 1.29 is 9.47 Å². The van der Waals surface area contributed by atoms with Gasteiger partial charge in [-0.15, -0.1) is 0 Å². The summed E-state index contributed by atoms with van der Waals surface area (Å²) in [5.41, 5.74) is 1.62. The average molecular weight is 210 g/mol. The normalized spacial score (nSPS) is 24.7. The van der Waals surface area contributed by atoms with Gasteiger partial charge in [-0.05, 0) is 19.3 Å². The molecule has 0 N–H and O–H groups in total. The van der Waals surface area contributed by atoms with Crippen LogP contribution < -0.4 is 0 Å². The summed E-state index contributed by atoms with van der Waals surface area (Å²) in [6, 6.07) is 0. The Balaban J connectivity index is 1.78. The van der Waals surface area contributed by atoms with E-state index in [9.17, 15) is 0 Å². The highest BCUT2D eigenvalue weighted by molar-refractivity contribution is 5.07. The summed E-state index contributed by atoms with van der Waals surface area (Å²) < 4.78 is 11.4. The molecule has 1 aliphatic carbocycles. The molecule has 2 fully saturated rings. The standard InChI is InChI=1S/C13H22O2/c1-2-3-4-5-12-6-8-13(9-7-12)14-10-11-15-13/h5H,2-4,6-11H2,1H3. The van der Waals surface area contributed by atoms with Crippen molar-refractivity contribution in [2.24, 2.45) is 0 Å². The predicted molar refractivity (Wildman–Crippen MR) is 60.7 cm³/mol. The first-order valence-electron chi connectivity index (χ1n) is 6.30.